The molecule has 0 saturated carbocycles. The van der Waals surface area contributed by atoms with Gasteiger partial charge in [0.2, 0.25) is 12.2 Å². The van der Waals surface area contributed by atoms with Crippen LogP contribution in [0.3, 0.4) is 0 Å². The number of nitrogens with one attached hydrogen (secondary N) is 1. The van der Waals surface area contributed by atoms with Gasteiger partial charge in [0.25, 0.3) is 0 Å². The summed E-state index contributed by atoms with van der Waals surface area (Å²) in [6.45, 7) is 2.30. The lowest BCUT2D eigenvalue weighted by molar-refractivity contribution is -0.262. The Hall–Kier alpha value is -2.85. The molecule has 144 valence electrons. The molecule has 0 aliphatic carbocycles. The molecule has 1 saturated heterocycles. The van der Waals surface area contributed by atoms with Crippen LogP contribution < -0.4 is 5.32 Å². The van der Waals surface area contributed by atoms with Crippen LogP contribution >= 0.6 is 0 Å². The molecule has 1 aliphatic heterocycles. The van der Waals surface area contributed by atoms with Gasteiger partial charge >= 0.3 is 17.9 Å². The lowest BCUT2D eigenvalue weighted by atomic mass is 9.95. The molecule has 0 bridgehead atoms. The van der Waals surface area contributed by atoms with Crippen molar-refractivity contribution in [2.24, 2.45) is 5.11 Å². The van der Waals surface area contributed by atoms with Crippen molar-refractivity contribution in [3.8, 4) is 0 Å². The standard InChI is InChI=1S/C14H20N4O8/c1-6(19)17-11-13(24-8(3)21)12(23-7(2)20)10(5-16-18-15)26-14(11)25-9(4)22/h10-14H,5H2,1-4H3,(H,17,19)/t10-,11-,12+,13-,14?/m1/s1/i1D. The predicted octanol–water partition coefficient (Wildman–Crippen LogP) is -0.0472. The fraction of sp³-hybridized carbons (Fsp3) is 0.714. The van der Waals surface area contributed by atoms with Gasteiger partial charge in [0.15, 0.2) is 12.2 Å². The molecule has 0 spiro atoms. The zero-order chi connectivity index (χ0) is 20.6. The van der Waals surface area contributed by atoms with Crippen molar-refractivity contribution >= 4 is 23.8 Å². The van der Waals surface area contributed by atoms with Gasteiger partial charge in [-0.15, -0.1) is 0 Å². The number of hydrogen-bond donors (Lipinski definition) is 1. The second-order valence-electron chi connectivity index (χ2n) is 5.31. The van der Waals surface area contributed by atoms with Crippen molar-refractivity contribution in [1.29, 1.82) is 0 Å². The summed E-state index contributed by atoms with van der Waals surface area (Å²) >= 11 is 0. The second-order valence-corrected chi connectivity index (χ2v) is 5.31. The SMILES string of the molecule is [2H]CC(=O)N[C@H]1C(OC(C)=O)O[C@H](CN=[N+]=[N-])[C@H](OC(C)=O)[C@@H]1OC(C)=O. The van der Waals surface area contributed by atoms with Crippen LogP contribution in [-0.2, 0) is 38.1 Å². The number of esters is 3. The minimum Gasteiger partial charge on any atom is -0.456 e. The van der Waals surface area contributed by atoms with Crippen molar-refractivity contribution in [1.82, 2.24) is 5.32 Å². The molecule has 1 aliphatic rings. The summed E-state index contributed by atoms with van der Waals surface area (Å²) in [6, 6.07) is -1.26. The van der Waals surface area contributed by atoms with Gasteiger partial charge in [-0.05, 0) is 5.53 Å². The first kappa shape index (κ1) is 19.5. The van der Waals surface area contributed by atoms with E-state index in [4.69, 9.17) is 25.8 Å². The van der Waals surface area contributed by atoms with E-state index in [1.165, 1.54) is 0 Å². The first-order valence-electron chi connectivity index (χ1n) is 8.16. The highest BCUT2D eigenvalue weighted by atomic mass is 16.7. The van der Waals surface area contributed by atoms with E-state index >= 15 is 0 Å². The van der Waals surface area contributed by atoms with Crippen LogP contribution in [0.5, 0.6) is 0 Å². The fourth-order valence-corrected chi connectivity index (χ4v) is 2.44. The van der Waals surface area contributed by atoms with Crippen LogP contribution in [0.2, 0.25) is 0 Å². The maximum absolute atomic E-state index is 11.7. The number of amides is 1. The van der Waals surface area contributed by atoms with Gasteiger partial charge in [-0.1, -0.05) is 5.11 Å². The monoisotopic (exact) mass is 373 g/mol. The Labute approximate surface area is 150 Å². The number of carbonyl (C=O) groups excluding carboxylic acids is 4. The van der Waals surface area contributed by atoms with E-state index in [0.29, 0.717) is 0 Å². The molecule has 0 aromatic rings. The number of ether oxygens (including phenoxy) is 4. The Morgan fingerprint density at radius 3 is 2.19 bits per heavy atom. The van der Waals surface area contributed by atoms with Crippen molar-refractivity contribution in [3.63, 3.8) is 0 Å². The largest absolute Gasteiger partial charge is 0.456 e. The first-order valence-corrected chi connectivity index (χ1v) is 7.46. The van der Waals surface area contributed by atoms with E-state index < -0.39 is 61.4 Å². The van der Waals surface area contributed by atoms with Crippen molar-refractivity contribution in [2.45, 2.75) is 58.3 Å². The van der Waals surface area contributed by atoms with E-state index in [0.717, 1.165) is 20.8 Å². The van der Waals surface area contributed by atoms with E-state index in [-0.39, 0.29) is 6.54 Å². The Morgan fingerprint density at radius 1 is 1.12 bits per heavy atom. The van der Waals surface area contributed by atoms with Crippen LogP contribution in [-0.4, -0.2) is 61.0 Å². The summed E-state index contributed by atoms with van der Waals surface area (Å²) in [6.07, 6.45) is -5.14. The summed E-state index contributed by atoms with van der Waals surface area (Å²) in [5.74, 6) is -3.05. The first-order chi connectivity index (χ1) is 12.7. The van der Waals surface area contributed by atoms with Gasteiger partial charge in [-0.25, -0.2) is 0 Å². The van der Waals surface area contributed by atoms with Crippen molar-refractivity contribution in [3.05, 3.63) is 10.4 Å². The summed E-state index contributed by atoms with van der Waals surface area (Å²) in [5, 5.41) is 5.71. The fourth-order valence-electron chi connectivity index (χ4n) is 2.44. The van der Waals surface area contributed by atoms with Gasteiger partial charge in [-0.3, -0.25) is 19.2 Å². The number of rotatable bonds is 6. The topological polar surface area (TPSA) is 166 Å². The minimum absolute atomic E-state index is 0.330. The molecule has 1 rings (SSSR count). The molecule has 1 amide bonds. The molecule has 0 aromatic heterocycles. The van der Waals surface area contributed by atoms with Crippen LogP contribution in [0.4, 0.5) is 0 Å². The molecule has 12 heteroatoms. The lowest BCUT2D eigenvalue weighted by Crippen LogP contribution is -2.66. The van der Waals surface area contributed by atoms with E-state index in [1.807, 2.05) is 0 Å². The van der Waals surface area contributed by atoms with Crippen LogP contribution in [0.1, 0.15) is 29.0 Å². The quantitative estimate of drug-likeness (QED) is 0.222. The van der Waals surface area contributed by atoms with E-state index in [9.17, 15) is 19.2 Å². The van der Waals surface area contributed by atoms with Gasteiger partial charge < -0.3 is 24.3 Å². The number of nitrogens with zero attached hydrogens (tertiary/aromatic N) is 3. The molecule has 26 heavy (non-hydrogen) atoms. The van der Waals surface area contributed by atoms with Crippen molar-refractivity contribution < 1.29 is 39.5 Å². The Kier molecular flexibility index (Phi) is 7.18. The maximum Gasteiger partial charge on any atom is 0.305 e. The molecule has 0 radical (unpaired) electrons. The third-order valence-corrected chi connectivity index (χ3v) is 3.19. The van der Waals surface area contributed by atoms with Crippen molar-refractivity contribution in [2.75, 3.05) is 6.54 Å². The Morgan fingerprint density at radius 2 is 1.69 bits per heavy atom. The molecule has 0 aromatic carbocycles. The third kappa shape index (κ3) is 6.22. The summed E-state index contributed by atoms with van der Waals surface area (Å²) in [5.41, 5.74) is 8.54. The summed E-state index contributed by atoms with van der Waals surface area (Å²) < 4.78 is 28.0. The van der Waals surface area contributed by atoms with Gasteiger partial charge in [0, 0.05) is 34.0 Å². The average molecular weight is 373 g/mol. The maximum atomic E-state index is 11.7. The molecular formula is C14H20N4O8. The highest BCUT2D eigenvalue weighted by molar-refractivity contribution is 5.74. The van der Waals surface area contributed by atoms with E-state index in [2.05, 4.69) is 15.3 Å². The Balaban J connectivity index is 3.33. The molecule has 1 heterocycles. The molecule has 5 atom stereocenters. The average Bonchev–Trinajstić information content (AvgIpc) is 2.56. The third-order valence-electron chi connectivity index (χ3n) is 3.19. The molecule has 12 nitrogen and oxygen atoms in total. The second kappa shape index (κ2) is 9.59. The molecule has 1 unspecified atom stereocenters. The lowest BCUT2D eigenvalue weighted by Gasteiger charge is -2.44. The smallest absolute Gasteiger partial charge is 0.305 e. The normalized spacial score (nSPS) is 28.0. The summed E-state index contributed by atoms with van der Waals surface area (Å²) in [7, 11) is 0. The van der Waals surface area contributed by atoms with Gasteiger partial charge in [0.05, 0.1) is 6.54 Å². The van der Waals surface area contributed by atoms with Crippen LogP contribution in [0.25, 0.3) is 10.4 Å². The van der Waals surface area contributed by atoms with Crippen LogP contribution in [0, 0.1) is 0 Å². The zero-order valence-electron chi connectivity index (χ0n) is 15.4. The predicted molar refractivity (Wildman–Crippen MR) is 83.2 cm³/mol. The number of azide groups is 1. The van der Waals surface area contributed by atoms with Gasteiger partial charge in [-0.2, -0.15) is 0 Å². The molecular weight excluding hydrogens is 352 g/mol. The Bertz CT molecular complexity index is 639. The highest BCUT2D eigenvalue weighted by Crippen LogP contribution is 2.28. The highest BCUT2D eigenvalue weighted by Gasteiger charge is 2.51. The summed E-state index contributed by atoms with van der Waals surface area (Å²) in [4.78, 5) is 48.7. The van der Waals surface area contributed by atoms with E-state index in [1.54, 1.807) is 0 Å². The molecule has 1 fully saturated rings. The minimum atomic E-state index is -1.44. The number of carbonyl (C=O) groups is 4. The number of hydrogen-bond acceptors (Lipinski definition) is 9. The zero-order valence-corrected chi connectivity index (χ0v) is 14.4. The molecule has 1 N–H and O–H groups in total. The van der Waals surface area contributed by atoms with Crippen LogP contribution in [0.15, 0.2) is 5.11 Å². The van der Waals surface area contributed by atoms with Gasteiger partial charge in [0.1, 0.15) is 12.1 Å².